The molecule has 2 aromatic rings. The lowest BCUT2D eigenvalue weighted by Crippen LogP contribution is -2.23. The number of ether oxygens (including phenoxy) is 2. The van der Waals surface area contributed by atoms with E-state index in [-0.39, 0.29) is 68.0 Å². The van der Waals surface area contributed by atoms with Gasteiger partial charge in [0.2, 0.25) is 0 Å². The van der Waals surface area contributed by atoms with Gasteiger partial charge in [0.05, 0.1) is 25.0 Å². The average molecular weight is 573 g/mol. The first-order chi connectivity index (χ1) is 18.9. The molecule has 8 nitrogen and oxygen atoms in total. The Morgan fingerprint density at radius 3 is 1.32 bits per heavy atom. The number of aliphatic carboxylic acids is 2. The van der Waals surface area contributed by atoms with Crippen LogP contribution in [0.5, 0.6) is 11.5 Å². The molecule has 0 heterocycles. The van der Waals surface area contributed by atoms with Crippen LogP contribution in [0.1, 0.15) is 87.8 Å². The molecule has 8 heteroatoms. The van der Waals surface area contributed by atoms with Gasteiger partial charge in [-0.05, 0) is 95.9 Å². The van der Waals surface area contributed by atoms with Gasteiger partial charge >= 0.3 is 11.9 Å². The Kier molecular flexibility index (Phi) is 11.8. The number of phenols is 2. The van der Waals surface area contributed by atoms with E-state index in [0.29, 0.717) is 11.1 Å². The summed E-state index contributed by atoms with van der Waals surface area (Å²) in [4.78, 5) is 24.0. The van der Waals surface area contributed by atoms with E-state index in [2.05, 4.69) is 0 Å². The van der Waals surface area contributed by atoms with Crippen LogP contribution in [-0.2, 0) is 42.7 Å². The van der Waals surface area contributed by atoms with Crippen molar-refractivity contribution in [3.63, 3.8) is 0 Å². The second-order valence-corrected chi connectivity index (χ2v) is 13.0. The molecule has 0 amide bonds. The third kappa shape index (κ3) is 9.47. The van der Waals surface area contributed by atoms with Gasteiger partial charge in [-0.1, -0.05) is 53.7 Å². The second kappa shape index (κ2) is 14.2. The normalized spacial score (nSPS) is 13.7. The van der Waals surface area contributed by atoms with Crippen LogP contribution < -0.4 is 0 Å². The van der Waals surface area contributed by atoms with Crippen LogP contribution in [0.15, 0.2) is 24.3 Å². The molecule has 0 aliphatic carbocycles. The van der Waals surface area contributed by atoms with E-state index in [0.717, 1.165) is 22.3 Å². The Morgan fingerprint density at radius 1 is 0.683 bits per heavy atom. The summed E-state index contributed by atoms with van der Waals surface area (Å²) in [6, 6.07) is 6.91. The zero-order valence-corrected chi connectivity index (χ0v) is 25.8. The summed E-state index contributed by atoms with van der Waals surface area (Å²) in [6.45, 7) is 16.3. The summed E-state index contributed by atoms with van der Waals surface area (Å²) in [5.41, 5.74) is 4.70. The Labute approximate surface area is 244 Å². The minimum atomic E-state index is -0.964. The molecule has 0 radical (unpaired) electrons. The van der Waals surface area contributed by atoms with E-state index >= 15 is 0 Å². The molecular formula is C33H48O8. The van der Waals surface area contributed by atoms with Gasteiger partial charge in [0, 0.05) is 0 Å². The minimum absolute atomic E-state index is 0.0927. The summed E-state index contributed by atoms with van der Waals surface area (Å²) < 4.78 is 11.1. The third-order valence-corrected chi connectivity index (χ3v) is 7.48. The number of rotatable bonds is 14. The van der Waals surface area contributed by atoms with Crippen LogP contribution in [0.2, 0.25) is 0 Å². The summed E-state index contributed by atoms with van der Waals surface area (Å²) in [7, 11) is 0. The van der Waals surface area contributed by atoms with Gasteiger partial charge in [-0.2, -0.15) is 0 Å². The molecule has 0 aromatic heterocycles. The predicted molar refractivity (Wildman–Crippen MR) is 159 cm³/mol. The van der Waals surface area contributed by atoms with Crippen molar-refractivity contribution >= 4 is 11.9 Å². The molecule has 0 spiro atoms. The van der Waals surface area contributed by atoms with Crippen molar-refractivity contribution in [1.29, 1.82) is 0 Å². The number of carboxylic acids is 2. The summed E-state index contributed by atoms with van der Waals surface area (Å²) >= 11 is 0. The highest BCUT2D eigenvalue weighted by atomic mass is 16.7. The molecule has 0 saturated carbocycles. The highest BCUT2D eigenvalue weighted by Gasteiger charge is 2.28. The van der Waals surface area contributed by atoms with Crippen molar-refractivity contribution in [2.75, 3.05) is 20.0 Å². The lowest BCUT2D eigenvalue weighted by atomic mass is 9.78. The smallest absolute Gasteiger partial charge is 0.306 e. The number of hydrogen-bond acceptors (Lipinski definition) is 6. The number of hydrogen-bond donors (Lipinski definition) is 4. The van der Waals surface area contributed by atoms with Gasteiger partial charge in [0.25, 0.3) is 0 Å². The first-order valence-corrected chi connectivity index (χ1v) is 14.2. The van der Waals surface area contributed by atoms with Gasteiger partial charge in [0.15, 0.2) is 0 Å². The molecule has 0 fully saturated rings. The number of aryl methyl sites for hydroxylation is 2. The summed E-state index contributed by atoms with van der Waals surface area (Å²) in [5, 5.41) is 40.7. The maximum atomic E-state index is 12.0. The molecule has 228 valence electrons. The molecule has 2 rings (SSSR count). The monoisotopic (exact) mass is 572 g/mol. The molecular weight excluding hydrogens is 524 g/mol. The fourth-order valence-electron chi connectivity index (χ4n) is 5.76. The van der Waals surface area contributed by atoms with Crippen LogP contribution in [0.4, 0.5) is 0 Å². The van der Waals surface area contributed by atoms with Gasteiger partial charge in [-0.25, -0.2) is 0 Å². The van der Waals surface area contributed by atoms with Crippen molar-refractivity contribution < 1.29 is 39.5 Å². The fourth-order valence-corrected chi connectivity index (χ4v) is 5.76. The number of carbonyl (C=O) groups is 2. The quantitative estimate of drug-likeness (QED) is 0.154. The lowest BCUT2D eigenvalue weighted by molar-refractivity contribution is -0.143. The van der Waals surface area contributed by atoms with E-state index in [9.17, 15) is 30.0 Å². The lowest BCUT2D eigenvalue weighted by Gasteiger charge is -2.27. The topological polar surface area (TPSA) is 134 Å². The van der Waals surface area contributed by atoms with E-state index in [4.69, 9.17) is 9.47 Å². The van der Waals surface area contributed by atoms with Gasteiger partial charge in [-0.15, -0.1) is 0 Å². The average Bonchev–Trinajstić information content (AvgIpc) is 2.83. The number of benzene rings is 2. The van der Waals surface area contributed by atoms with Crippen molar-refractivity contribution in [1.82, 2.24) is 0 Å². The van der Waals surface area contributed by atoms with Crippen molar-refractivity contribution in [2.45, 2.75) is 91.9 Å². The molecule has 41 heavy (non-hydrogen) atoms. The van der Waals surface area contributed by atoms with E-state index in [1.165, 1.54) is 0 Å². The van der Waals surface area contributed by atoms with Gasteiger partial charge in [-0.3, -0.25) is 9.59 Å². The minimum Gasteiger partial charge on any atom is -0.508 e. The summed E-state index contributed by atoms with van der Waals surface area (Å²) in [6.07, 6.45) is 0.829. The molecule has 0 saturated heterocycles. The van der Waals surface area contributed by atoms with Gasteiger partial charge in [0.1, 0.15) is 18.3 Å². The zero-order chi connectivity index (χ0) is 31.1. The van der Waals surface area contributed by atoms with E-state index < -0.39 is 23.8 Å². The van der Waals surface area contributed by atoms with Crippen LogP contribution >= 0.6 is 0 Å². The largest absolute Gasteiger partial charge is 0.508 e. The molecule has 4 N–H and O–H groups in total. The van der Waals surface area contributed by atoms with Crippen LogP contribution in [0, 0.1) is 25.7 Å². The maximum Gasteiger partial charge on any atom is 0.306 e. The maximum absolute atomic E-state index is 12.0. The molecule has 0 bridgehead atoms. The number of phenolic OH excluding ortho intramolecular Hbond substituents is 2. The molecule has 2 aromatic carbocycles. The second-order valence-electron chi connectivity index (χ2n) is 13.0. The van der Waals surface area contributed by atoms with Crippen LogP contribution in [0.25, 0.3) is 0 Å². The molecule has 0 aliphatic heterocycles. The standard InChI is InChI=1S/C33H48O8/c1-20-9-11-26(34)24(28(20)32(3,4)5)17-22(30(36)37)13-15-40-19-41-16-14-23(31(38)39)18-25-27(35)12-10-21(2)29(25)33(6,7)8/h9-12,22-23,34-35H,13-19H2,1-8H3,(H,36,37)(H,38,39). The Morgan fingerprint density at radius 2 is 1.02 bits per heavy atom. The SMILES string of the molecule is Cc1ccc(O)c(CC(CCOCOCCC(Cc2c(O)ccc(C)c2C(C)(C)C)C(=O)O)C(=O)O)c1C(C)(C)C. The fraction of sp³-hybridized carbons (Fsp3) is 0.576. The van der Waals surface area contributed by atoms with Crippen LogP contribution in [-0.4, -0.2) is 52.4 Å². The first kappa shape index (κ1) is 34.1. The van der Waals surface area contributed by atoms with Gasteiger partial charge < -0.3 is 29.9 Å². The number of carboxylic acid groups (broad SMARTS) is 2. The Hall–Kier alpha value is -3.10. The molecule has 2 atom stereocenters. The number of aromatic hydroxyl groups is 2. The van der Waals surface area contributed by atoms with Crippen molar-refractivity contribution in [3.05, 3.63) is 57.6 Å². The Balaban J connectivity index is 1.93. The zero-order valence-electron chi connectivity index (χ0n) is 25.8. The van der Waals surface area contributed by atoms with E-state index in [1.54, 1.807) is 12.1 Å². The first-order valence-electron chi connectivity index (χ1n) is 14.2. The van der Waals surface area contributed by atoms with E-state index in [1.807, 2.05) is 67.5 Å². The van der Waals surface area contributed by atoms with Crippen LogP contribution in [0.3, 0.4) is 0 Å². The van der Waals surface area contributed by atoms with Crippen molar-refractivity contribution in [3.8, 4) is 11.5 Å². The third-order valence-electron chi connectivity index (χ3n) is 7.48. The summed E-state index contributed by atoms with van der Waals surface area (Å²) in [5.74, 6) is -3.24. The molecule has 0 aliphatic rings. The van der Waals surface area contributed by atoms with Crippen molar-refractivity contribution in [2.24, 2.45) is 11.8 Å². The highest BCUT2D eigenvalue weighted by molar-refractivity contribution is 5.71. The Bertz CT molecular complexity index is 1110. The predicted octanol–water partition coefficient (Wildman–Crippen LogP) is 6.27. The molecule has 2 unspecified atom stereocenters. The highest BCUT2D eigenvalue weighted by Crippen LogP contribution is 2.37.